The van der Waals surface area contributed by atoms with Crippen molar-refractivity contribution in [2.45, 2.75) is 39.2 Å². The summed E-state index contributed by atoms with van der Waals surface area (Å²) in [4.78, 5) is 10.8. The molecule has 62 valence electrons. The third kappa shape index (κ3) is 1.15. The van der Waals surface area contributed by atoms with E-state index >= 15 is 0 Å². The fourth-order valence-corrected chi connectivity index (χ4v) is 2.41. The molecule has 0 aromatic heterocycles. The molecule has 0 bridgehead atoms. The molecule has 1 aliphatic heterocycles. The van der Waals surface area contributed by atoms with Crippen LogP contribution in [0.4, 0.5) is 0 Å². The van der Waals surface area contributed by atoms with Gasteiger partial charge in [0.2, 0.25) is 0 Å². The predicted octanol–water partition coefficient (Wildman–Crippen LogP) is 1.74. The smallest absolute Gasteiger partial charge is 0.306 e. The highest BCUT2D eigenvalue weighted by Gasteiger charge is 2.46. The average molecular weight is 154 g/mol. The fraction of sp³-hybridized carbons (Fsp3) is 0.889. The van der Waals surface area contributed by atoms with E-state index < -0.39 is 0 Å². The lowest BCUT2D eigenvalue weighted by molar-refractivity contribution is -0.141. The van der Waals surface area contributed by atoms with Crippen molar-refractivity contribution in [1.82, 2.24) is 0 Å². The zero-order valence-electron chi connectivity index (χ0n) is 7.09. The molecule has 2 heteroatoms. The van der Waals surface area contributed by atoms with E-state index in [0.717, 1.165) is 12.8 Å². The van der Waals surface area contributed by atoms with Gasteiger partial charge in [0.15, 0.2) is 0 Å². The molecule has 1 saturated carbocycles. The first kappa shape index (κ1) is 7.14. The molecule has 1 aliphatic carbocycles. The Labute approximate surface area is 66.9 Å². The predicted molar refractivity (Wildman–Crippen MR) is 41.0 cm³/mol. The maximum absolute atomic E-state index is 10.8. The summed E-state index contributed by atoms with van der Waals surface area (Å²) in [6.45, 7) is 4.50. The maximum atomic E-state index is 10.8. The highest BCUT2D eigenvalue weighted by atomic mass is 16.5. The van der Waals surface area contributed by atoms with E-state index in [2.05, 4.69) is 13.8 Å². The largest absolute Gasteiger partial charge is 0.462 e. The number of esters is 1. The summed E-state index contributed by atoms with van der Waals surface area (Å²) in [7, 11) is 0. The zero-order valence-corrected chi connectivity index (χ0v) is 7.09. The molecule has 0 aromatic rings. The second-order valence-corrected chi connectivity index (χ2v) is 4.56. The van der Waals surface area contributed by atoms with Crippen LogP contribution in [0.5, 0.6) is 0 Å². The summed E-state index contributed by atoms with van der Waals surface area (Å²) in [6.07, 6.45) is 3.12. The Morgan fingerprint density at radius 3 is 2.82 bits per heavy atom. The minimum Gasteiger partial charge on any atom is -0.462 e. The molecule has 1 heterocycles. The van der Waals surface area contributed by atoms with Gasteiger partial charge in [-0.2, -0.15) is 0 Å². The van der Waals surface area contributed by atoms with Gasteiger partial charge in [-0.1, -0.05) is 13.8 Å². The van der Waals surface area contributed by atoms with Crippen molar-refractivity contribution in [3.63, 3.8) is 0 Å². The summed E-state index contributed by atoms with van der Waals surface area (Å²) in [5.41, 5.74) is 0.399. The van der Waals surface area contributed by atoms with Crippen LogP contribution in [-0.2, 0) is 9.53 Å². The van der Waals surface area contributed by atoms with Crippen molar-refractivity contribution in [3.05, 3.63) is 0 Å². The topological polar surface area (TPSA) is 26.3 Å². The SMILES string of the molecule is CC1(C)C[C@H]2CC(=O)O[C@H]2C1. The van der Waals surface area contributed by atoms with Crippen molar-refractivity contribution >= 4 is 5.97 Å². The first-order valence-electron chi connectivity index (χ1n) is 4.26. The first-order valence-corrected chi connectivity index (χ1v) is 4.26. The molecule has 2 atom stereocenters. The van der Waals surface area contributed by atoms with E-state index in [1.54, 1.807) is 0 Å². The summed E-state index contributed by atoms with van der Waals surface area (Å²) >= 11 is 0. The van der Waals surface area contributed by atoms with E-state index in [9.17, 15) is 4.79 Å². The summed E-state index contributed by atoms with van der Waals surface area (Å²) in [5.74, 6) is 0.535. The van der Waals surface area contributed by atoms with Gasteiger partial charge < -0.3 is 4.74 Å². The molecule has 11 heavy (non-hydrogen) atoms. The second-order valence-electron chi connectivity index (χ2n) is 4.56. The first-order chi connectivity index (χ1) is 5.07. The average Bonchev–Trinajstić information content (AvgIpc) is 2.17. The van der Waals surface area contributed by atoms with E-state index in [0.29, 0.717) is 17.8 Å². The van der Waals surface area contributed by atoms with Crippen LogP contribution >= 0.6 is 0 Å². The van der Waals surface area contributed by atoms with Crippen molar-refractivity contribution in [3.8, 4) is 0 Å². The number of carbonyl (C=O) groups excluding carboxylic acids is 1. The molecule has 2 nitrogen and oxygen atoms in total. The molecule has 1 saturated heterocycles. The van der Waals surface area contributed by atoms with Gasteiger partial charge >= 0.3 is 5.97 Å². The number of hydrogen-bond donors (Lipinski definition) is 0. The second kappa shape index (κ2) is 1.99. The number of ether oxygens (including phenoxy) is 1. The lowest BCUT2D eigenvalue weighted by Gasteiger charge is -2.16. The molecule has 2 rings (SSSR count). The Hall–Kier alpha value is -0.530. The van der Waals surface area contributed by atoms with E-state index in [1.807, 2.05) is 0 Å². The standard InChI is InChI=1S/C9H14O2/c1-9(2)4-6-3-8(10)11-7(6)5-9/h6-7H,3-5H2,1-2H3/t6-,7+/m1/s1. The number of fused-ring (bicyclic) bond motifs is 1. The van der Waals surface area contributed by atoms with Crippen LogP contribution in [0, 0.1) is 11.3 Å². The van der Waals surface area contributed by atoms with Crippen molar-refractivity contribution in [1.29, 1.82) is 0 Å². The number of carbonyl (C=O) groups is 1. The van der Waals surface area contributed by atoms with E-state index in [1.165, 1.54) is 0 Å². The molecular formula is C9H14O2. The quantitative estimate of drug-likeness (QED) is 0.497. The minimum atomic E-state index is 0.00972. The lowest BCUT2D eigenvalue weighted by atomic mass is 9.90. The molecule has 0 amide bonds. The zero-order chi connectivity index (χ0) is 8.06. The molecule has 0 spiro atoms. The van der Waals surface area contributed by atoms with Gasteiger partial charge in [-0.3, -0.25) is 4.79 Å². The Bertz CT molecular complexity index is 178. The van der Waals surface area contributed by atoms with Crippen LogP contribution in [0.3, 0.4) is 0 Å². The third-order valence-electron chi connectivity index (χ3n) is 2.81. The molecule has 0 unspecified atom stereocenters. The molecule has 0 N–H and O–H groups in total. The highest BCUT2D eigenvalue weighted by molar-refractivity contribution is 5.72. The molecule has 0 aromatic carbocycles. The Morgan fingerprint density at radius 2 is 2.18 bits per heavy atom. The third-order valence-corrected chi connectivity index (χ3v) is 2.81. The van der Waals surface area contributed by atoms with Crippen LogP contribution in [0.2, 0.25) is 0 Å². The Morgan fingerprint density at radius 1 is 1.45 bits per heavy atom. The molecule has 0 radical (unpaired) electrons. The fourth-order valence-electron chi connectivity index (χ4n) is 2.41. The number of hydrogen-bond acceptors (Lipinski definition) is 2. The van der Waals surface area contributed by atoms with Crippen molar-refractivity contribution < 1.29 is 9.53 Å². The van der Waals surface area contributed by atoms with E-state index in [4.69, 9.17) is 4.74 Å². The van der Waals surface area contributed by atoms with E-state index in [-0.39, 0.29) is 12.1 Å². The van der Waals surface area contributed by atoms with Gasteiger partial charge in [0.05, 0.1) is 6.42 Å². The summed E-state index contributed by atoms with van der Waals surface area (Å²) in [5, 5.41) is 0. The summed E-state index contributed by atoms with van der Waals surface area (Å²) in [6, 6.07) is 0. The monoisotopic (exact) mass is 154 g/mol. The van der Waals surface area contributed by atoms with Crippen LogP contribution in [0.25, 0.3) is 0 Å². The van der Waals surface area contributed by atoms with Gasteiger partial charge in [0.1, 0.15) is 6.10 Å². The van der Waals surface area contributed by atoms with Crippen LogP contribution in [0.15, 0.2) is 0 Å². The van der Waals surface area contributed by atoms with Crippen LogP contribution < -0.4 is 0 Å². The highest BCUT2D eigenvalue weighted by Crippen LogP contribution is 2.47. The lowest BCUT2D eigenvalue weighted by Crippen LogP contribution is -2.11. The molecule has 2 fully saturated rings. The Kier molecular flexibility index (Phi) is 1.29. The molecular weight excluding hydrogens is 140 g/mol. The normalized spacial score (nSPS) is 40.4. The van der Waals surface area contributed by atoms with Crippen LogP contribution in [0.1, 0.15) is 33.1 Å². The van der Waals surface area contributed by atoms with Gasteiger partial charge in [-0.05, 0) is 18.3 Å². The van der Waals surface area contributed by atoms with Gasteiger partial charge in [0.25, 0.3) is 0 Å². The maximum Gasteiger partial charge on any atom is 0.306 e. The number of rotatable bonds is 0. The van der Waals surface area contributed by atoms with Crippen LogP contribution in [-0.4, -0.2) is 12.1 Å². The minimum absolute atomic E-state index is 0.00972. The van der Waals surface area contributed by atoms with Gasteiger partial charge in [-0.25, -0.2) is 0 Å². The molecule has 2 aliphatic rings. The van der Waals surface area contributed by atoms with Crippen molar-refractivity contribution in [2.24, 2.45) is 11.3 Å². The van der Waals surface area contributed by atoms with Crippen molar-refractivity contribution in [2.75, 3.05) is 0 Å². The van der Waals surface area contributed by atoms with Gasteiger partial charge in [0, 0.05) is 5.92 Å². The Balaban J connectivity index is 2.09. The summed E-state index contributed by atoms with van der Waals surface area (Å²) < 4.78 is 5.18. The van der Waals surface area contributed by atoms with Gasteiger partial charge in [-0.15, -0.1) is 0 Å².